The minimum atomic E-state index is -0.628. The van der Waals surface area contributed by atoms with Gasteiger partial charge in [0, 0.05) is 34.6 Å². The van der Waals surface area contributed by atoms with Crippen molar-refractivity contribution in [3.63, 3.8) is 0 Å². The lowest BCUT2D eigenvalue weighted by Gasteiger charge is -2.32. The van der Waals surface area contributed by atoms with Gasteiger partial charge in [0.25, 0.3) is 0 Å². The molecule has 2 amide bonds. The maximum Gasteiger partial charge on any atom is 0.243 e. The van der Waals surface area contributed by atoms with Gasteiger partial charge in [-0.25, -0.2) is 0 Å². The van der Waals surface area contributed by atoms with Gasteiger partial charge in [-0.1, -0.05) is 43.1 Å². The first-order chi connectivity index (χ1) is 16.3. The number of carbonyl (C=O) groups is 2. The number of nitrogens with one attached hydrogen (secondary N) is 1. The van der Waals surface area contributed by atoms with Crippen LogP contribution >= 0.6 is 23.2 Å². The monoisotopic (exact) mass is 508 g/mol. The number of amides is 2. The average molecular weight is 509 g/mol. The predicted molar refractivity (Wildman–Crippen MR) is 137 cm³/mol. The van der Waals surface area contributed by atoms with E-state index in [0.29, 0.717) is 40.8 Å². The highest BCUT2D eigenvalue weighted by Gasteiger charge is 2.30. The van der Waals surface area contributed by atoms with Crippen molar-refractivity contribution in [2.45, 2.75) is 65.1 Å². The van der Waals surface area contributed by atoms with Crippen LogP contribution in [0.5, 0.6) is 11.5 Å². The molecular weight excluding hydrogens is 475 g/mol. The first-order valence-electron chi connectivity index (χ1n) is 11.6. The smallest absolute Gasteiger partial charge is 0.243 e. The van der Waals surface area contributed by atoms with Gasteiger partial charge in [0.2, 0.25) is 11.8 Å². The van der Waals surface area contributed by atoms with Crippen LogP contribution in [0.25, 0.3) is 0 Å². The first kappa shape index (κ1) is 27.8. The molecule has 6 nitrogen and oxygen atoms in total. The van der Waals surface area contributed by atoms with E-state index in [0.717, 1.165) is 12.2 Å². The van der Waals surface area contributed by atoms with E-state index in [2.05, 4.69) is 5.32 Å². The van der Waals surface area contributed by atoms with Crippen molar-refractivity contribution in [3.8, 4) is 11.5 Å². The summed E-state index contributed by atoms with van der Waals surface area (Å²) in [5.41, 5.74) is 0.628. The molecule has 0 fully saturated rings. The van der Waals surface area contributed by atoms with Gasteiger partial charge < -0.3 is 19.7 Å². The van der Waals surface area contributed by atoms with Crippen LogP contribution in [-0.2, 0) is 16.1 Å². The molecule has 8 heteroatoms. The molecular formula is C26H34Cl2N2O4. The Hall–Kier alpha value is -2.44. The second kappa shape index (κ2) is 14.1. The fourth-order valence-electron chi connectivity index (χ4n) is 3.44. The SMILES string of the molecule is CC[C@H](C)NC(=O)[C@H](CC)N(Cc1c(Cl)cccc1Cl)C(=O)CCCOc1ccc(OC)cc1. The third-order valence-electron chi connectivity index (χ3n) is 5.64. The third kappa shape index (κ3) is 8.10. The number of methoxy groups -OCH3 is 1. The molecule has 0 unspecified atom stereocenters. The Morgan fingerprint density at radius 3 is 2.18 bits per heavy atom. The second-order valence-corrected chi connectivity index (χ2v) is 8.91. The fraction of sp³-hybridized carbons (Fsp3) is 0.462. The quantitative estimate of drug-likeness (QED) is 0.343. The summed E-state index contributed by atoms with van der Waals surface area (Å²) >= 11 is 12.8. The summed E-state index contributed by atoms with van der Waals surface area (Å²) in [5, 5.41) is 3.92. The molecule has 0 aliphatic heterocycles. The number of hydrogen-bond acceptors (Lipinski definition) is 4. The summed E-state index contributed by atoms with van der Waals surface area (Å²) in [7, 11) is 1.61. The van der Waals surface area contributed by atoms with Gasteiger partial charge in [-0.05, 0) is 62.6 Å². The van der Waals surface area contributed by atoms with Crippen LogP contribution in [0.3, 0.4) is 0 Å². The molecule has 2 atom stereocenters. The van der Waals surface area contributed by atoms with Gasteiger partial charge in [0.1, 0.15) is 17.5 Å². The van der Waals surface area contributed by atoms with Gasteiger partial charge in [-0.2, -0.15) is 0 Å². The van der Waals surface area contributed by atoms with E-state index >= 15 is 0 Å². The van der Waals surface area contributed by atoms with Crippen LogP contribution in [0, 0.1) is 0 Å². The van der Waals surface area contributed by atoms with Crippen LogP contribution < -0.4 is 14.8 Å². The fourth-order valence-corrected chi connectivity index (χ4v) is 3.96. The highest BCUT2D eigenvalue weighted by atomic mass is 35.5. The van der Waals surface area contributed by atoms with E-state index in [-0.39, 0.29) is 30.8 Å². The predicted octanol–water partition coefficient (Wildman–Crippen LogP) is 5.88. The summed E-state index contributed by atoms with van der Waals surface area (Å²) in [4.78, 5) is 27.9. The van der Waals surface area contributed by atoms with Crippen molar-refractivity contribution in [2.75, 3.05) is 13.7 Å². The van der Waals surface area contributed by atoms with Gasteiger partial charge >= 0.3 is 0 Å². The molecule has 2 rings (SSSR count). The number of rotatable bonds is 13. The van der Waals surface area contributed by atoms with Gasteiger partial charge in [-0.15, -0.1) is 0 Å². The molecule has 0 radical (unpaired) electrons. The van der Waals surface area contributed by atoms with E-state index in [1.54, 1.807) is 30.2 Å². The molecule has 0 heterocycles. The lowest BCUT2D eigenvalue weighted by molar-refractivity contribution is -0.141. The Balaban J connectivity index is 2.11. The molecule has 0 aliphatic rings. The molecule has 1 N–H and O–H groups in total. The van der Waals surface area contributed by atoms with E-state index < -0.39 is 6.04 Å². The molecule has 186 valence electrons. The minimum Gasteiger partial charge on any atom is -0.497 e. The maximum absolute atomic E-state index is 13.3. The summed E-state index contributed by atoms with van der Waals surface area (Å²) in [6.45, 7) is 6.36. The van der Waals surface area contributed by atoms with Crippen molar-refractivity contribution in [1.82, 2.24) is 10.2 Å². The zero-order valence-corrected chi connectivity index (χ0v) is 21.8. The Morgan fingerprint density at radius 2 is 1.62 bits per heavy atom. The number of halogens is 2. The molecule has 0 aromatic heterocycles. The van der Waals surface area contributed by atoms with Crippen LogP contribution in [0.2, 0.25) is 10.0 Å². The number of benzene rings is 2. The molecule has 0 aliphatic carbocycles. The molecule has 0 saturated heterocycles. The van der Waals surface area contributed by atoms with E-state index in [1.165, 1.54) is 0 Å². The van der Waals surface area contributed by atoms with Crippen molar-refractivity contribution in [2.24, 2.45) is 0 Å². The van der Waals surface area contributed by atoms with Crippen LogP contribution in [0.4, 0.5) is 0 Å². The molecule has 2 aromatic rings. The molecule has 34 heavy (non-hydrogen) atoms. The van der Waals surface area contributed by atoms with E-state index in [9.17, 15) is 9.59 Å². The van der Waals surface area contributed by atoms with Crippen molar-refractivity contribution >= 4 is 35.0 Å². The Labute approximate surface area is 212 Å². The topological polar surface area (TPSA) is 67.9 Å². The van der Waals surface area contributed by atoms with Crippen molar-refractivity contribution in [3.05, 3.63) is 58.1 Å². The zero-order valence-electron chi connectivity index (χ0n) is 20.3. The summed E-state index contributed by atoms with van der Waals surface area (Å²) in [6, 6.07) is 11.9. The number of carbonyl (C=O) groups excluding carboxylic acids is 2. The number of hydrogen-bond donors (Lipinski definition) is 1. The molecule has 0 spiro atoms. The number of ether oxygens (including phenoxy) is 2. The van der Waals surface area contributed by atoms with Gasteiger partial charge in [-0.3, -0.25) is 9.59 Å². The summed E-state index contributed by atoms with van der Waals surface area (Å²) in [5.74, 6) is 1.12. The molecule has 0 bridgehead atoms. The third-order valence-corrected chi connectivity index (χ3v) is 6.35. The van der Waals surface area contributed by atoms with Gasteiger partial charge in [0.15, 0.2) is 0 Å². The largest absolute Gasteiger partial charge is 0.497 e. The standard InChI is InChI=1S/C26H34Cl2N2O4/c1-5-18(3)29-26(32)24(6-2)30(17-21-22(27)9-7-10-23(21)28)25(31)11-8-16-34-20-14-12-19(33-4)13-15-20/h7,9-10,12-15,18,24H,5-6,8,11,16-17H2,1-4H3,(H,29,32)/t18-,24-/m0/s1. The van der Waals surface area contributed by atoms with Crippen LogP contribution in [-0.4, -0.2) is 42.5 Å². The lowest BCUT2D eigenvalue weighted by atomic mass is 10.1. The second-order valence-electron chi connectivity index (χ2n) is 8.09. The normalized spacial score (nSPS) is 12.5. The Morgan fingerprint density at radius 1 is 1.00 bits per heavy atom. The first-order valence-corrected chi connectivity index (χ1v) is 12.4. The van der Waals surface area contributed by atoms with Crippen LogP contribution in [0.1, 0.15) is 52.0 Å². The number of nitrogens with zero attached hydrogens (tertiary/aromatic N) is 1. The molecule has 0 saturated carbocycles. The Kier molecular flexibility index (Phi) is 11.5. The Bertz CT molecular complexity index is 917. The summed E-state index contributed by atoms with van der Waals surface area (Å²) < 4.78 is 10.9. The summed E-state index contributed by atoms with van der Waals surface area (Å²) in [6.07, 6.45) is 2.00. The highest BCUT2D eigenvalue weighted by Crippen LogP contribution is 2.27. The lowest BCUT2D eigenvalue weighted by Crippen LogP contribution is -2.50. The van der Waals surface area contributed by atoms with Crippen molar-refractivity contribution < 1.29 is 19.1 Å². The average Bonchev–Trinajstić information content (AvgIpc) is 2.83. The minimum absolute atomic E-state index is 0.0142. The van der Waals surface area contributed by atoms with Crippen LogP contribution in [0.15, 0.2) is 42.5 Å². The zero-order chi connectivity index (χ0) is 25.1. The van der Waals surface area contributed by atoms with Gasteiger partial charge in [0.05, 0.1) is 13.7 Å². The maximum atomic E-state index is 13.3. The van der Waals surface area contributed by atoms with E-state index in [1.807, 2.05) is 45.0 Å². The highest BCUT2D eigenvalue weighted by molar-refractivity contribution is 6.36. The molecule has 2 aromatic carbocycles. The van der Waals surface area contributed by atoms with E-state index in [4.69, 9.17) is 32.7 Å². The van der Waals surface area contributed by atoms with Crippen molar-refractivity contribution in [1.29, 1.82) is 0 Å².